The van der Waals surface area contributed by atoms with Gasteiger partial charge >= 0.3 is 0 Å². The van der Waals surface area contributed by atoms with Gasteiger partial charge < -0.3 is 14.0 Å². The highest BCUT2D eigenvalue weighted by atomic mass is 16.5. The molecule has 0 spiro atoms. The van der Waals surface area contributed by atoms with Crippen molar-refractivity contribution in [3.63, 3.8) is 0 Å². The molecule has 0 saturated heterocycles. The summed E-state index contributed by atoms with van der Waals surface area (Å²) in [5, 5.41) is 11.6. The molecule has 63 heavy (non-hydrogen) atoms. The van der Waals surface area contributed by atoms with Crippen molar-refractivity contribution < 1.29 is 4.52 Å². The lowest BCUT2D eigenvalue weighted by molar-refractivity contribution is 0.432. The lowest BCUT2D eigenvalue weighted by atomic mass is 9.95. The van der Waals surface area contributed by atoms with E-state index in [1.807, 2.05) is 48.5 Å². The van der Waals surface area contributed by atoms with E-state index < -0.39 is 0 Å². The van der Waals surface area contributed by atoms with E-state index in [1.165, 1.54) is 54.6 Å². The number of aromatic nitrogens is 3. The molecule has 296 valence electrons. The Kier molecular flexibility index (Phi) is 8.75. The Labute approximate surface area is 364 Å². The van der Waals surface area contributed by atoms with Crippen LogP contribution in [0.1, 0.15) is 0 Å². The molecule has 2 heterocycles. The topological polar surface area (TPSA) is 47.1 Å². The summed E-state index contributed by atoms with van der Waals surface area (Å²) in [5.41, 5.74) is 13.1. The van der Waals surface area contributed by atoms with Gasteiger partial charge in [0.2, 0.25) is 5.82 Å². The summed E-state index contributed by atoms with van der Waals surface area (Å²) in [6.07, 6.45) is 0. The van der Waals surface area contributed by atoms with Crippen LogP contribution in [0.3, 0.4) is 0 Å². The number of nitrogens with zero attached hydrogens (tertiary/aromatic N) is 4. The van der Waals surface area contributed by atoms with Gasteiger partial charge in [-0.15, -0.1) is 0 Å². The first-order valence-electron chi connectivity index (χ1n) is 21.2. The number of anilines is 3. The second-order valence-electron chi connectivity index (χ2n) is 15.9. The Bertz CT molecular complexity index is 3460. The first-order chi connectivity index (χ1) is 31.2. The van der Waals surface area contributed by atoms with Gasteiger partial charge in [0, 0.05) is 44.6 Å². The minimum absolute atomic E-state index is 0.482. The van der Waals surface area contributed by atoms with Gasteiger partial charge in [0.15, 0.2) is 0 Å². The number of fused-ring (bicyclic) bond motifs is 5. The first kappa shape index (κ1) is 36.3. The second-order valence-corrected chi connectivity index (χ2v) is 15.9. The Balaban J connectivity index is 0.967. The van der Waals surface area contributed by atoms with Crippen molar-refractivity contribution in [2.24, 2.45) is 0 Å². The summed E-state index contributed by atoms with van der Waals surface area (Å²) < 4.78 is 8.11. The number of rotatable bonds is 8. The van der Waals surface area contributed by atoms with Crippen LogP contribution in [0.5, 0.6) is 0 Å². The van der Waals surface area contributed by atoms with Gasteiger partial charge in [-0.1, -0.05) is 151 Å². The summed E-state index contributed by atoms with van der Waals surface area (Å²) in [6, 6.07) is 81.9. The molecule has 12 aromatic rings. The SMILES string of the molecule is c1ccc(-c2noc(-c3ccc(N(c4ccccc4)c4ccc(-n5c6ccc(-c7cccc8ccccc78)cc6c6cc(-c7cccc8ccccc78)ccc65)cc4)cc3)n2)cc1. The highest BCUT2D eigenvalue weighted by molar-refractivity contribution is 6.13. The Morgan fingerprint density at radius 1 is 0.365 bits per heavy atom. The van der Waals surface area contributed by atoms with Crippen molar-refractivity contribution in [3.05, 3.63) is 231 Å². The third kappa shape index (κ3) is 6.42. The smallest absolute Gasteiger partial charge is 0.258 e. The fourth-order valence-electron chi connectivity index (χ4n) is 9.16. The van der Waals surface area contributed by atoms with Gasteiger partial charge in [0.1, 0.15) is 0 Å². The molecule has 12 rings (SSSR count). The van der Waals surface area contributed by atoms with Crippen molar-refractivity contribution >= 4 is 60.4 Å². The zero-order valence-corrected chi connectivity index (χ0v) is 34.1. The molecule has 0 aliphatic rings. The molecular weight excluding hydrogens is 769 g/mol. The maximum atomic E-state index is 5.70. The van der Waals surface area contributed by atoms with E-state index in [9.17, 15) is 0 Å². The molecule has 2 aromatic heterocycles. The maximum absolute atomic E-state index is 5.70. The van der Waals surface area contributed by atoms with E-state index in [2.05, 4.69) is 202 Å². The molecule has 5 heteroatoms. The summed E-state index contributed by atoms with van der Waals surface area (Å²) in [4.78, 5) is 6.96. The van der Waals surface area contributed by atoms with E-state index in [1.54, 1.807) is 0 Å². The lowest BCUT2D eigenvalue weighted by Crippen LogP contribution is -2.10. The van der Waals surface area contributed by atoms with Crippen molar-refractivity contribution in [1.29, 1.82) is 0 Å². The molecule has 10 aromatic carbocycles. The molecule has 0 N–H and O–H groups in total. The number of hydrogen-bond acceptors (Lipinski definition) is 4. The van der Waals surface area contributed by atoms with Crippen LogP contribution in [0, 0.1) is 0 Å². The molecule has 0 aliphatic carbocycles. The van der Waals surface area contributed by atoms with Crippen LogP contribution in [0.25, 0.3) is 94.1 Å². The van der Waals surface area contributed by atoms with Gasteiger partial charge in [0.25, 0.3) is 5.89 Å². The van der Waals surface area contributed by atoms with Crippen molar-refractivity contribution in [2.75, 3.05) is 4.90 Å². The highest BCUT2D eigenvalue weighted by Crippen LogP contribution is 2.41. The lowest BCUT2D eigenvalue weighted by Gasteiger charge is -2.26. The zero-order chi connectivity index (χ0) is 41.7. The quantitative estimate of drug-likeness (QED) is 0.153. The minimum Gasteiger partial charge on any atom is -0.334 e. The maximum Gasteiger partial charge on any atom is 0.258 e. The standard InChI is InChI=1S/C58H38N4O/c1-3-15-41(16-4-1)57-59-58(63-60-57)42-25-29-46(30-26-42)61(45-19-5-2-6-20-45)47-31-33-48(34-32-47)62-55-35-27-43(51-23-11-17-39-13-7-9-21-49(39)51)37-53(55)54-38-44(28-36-56(54)62)52-24-12-18-40-14-8-10-22-50(40)52/h1-38H. The number of para-hydroxylation sites is 1. The molecule has 0 bridgehead atoms. The van der Waals surface area contributed by atoms with Gasteiger partial charge in [-0.05, 0) is 129 Å². The van der Waals surface area contributed by atoms with Gasteiger partial charge in [0.05, 0.1) is 11.0 Å². The molecule has 0 fully saturated rings. The Morgan fingerprint density at radius 3 is 1.43 bits per heavy atom. The molecule has 0 aliphatic heterocycles. The normalized spacial score (nSPS) is 11.5. The third-order valence-electron chi connectivity index (χ3n) is 12.2. The van der Waals surface area contributed by atoms with Crippen LogP contribution in [0.15, 0.2) is 235 Å². The summed E-state index contributed by atoms with van der Waals surface area (Å²) in [5.74, 6) is 1.05. The predicted molar refractivity (Wildman–Crippen MR) is 260 cm³/mol. The molecule has 0 amide bonds. The van der Waals surface area contributed by atoms with E-state index in [0.717, 1.165) is 44.9 Å². The van der Waals surface area contributed by atoms with Crippen LogP contribution in [-0.2, 0) is 0 Å². The number of hydrogen-bond donors (Lipinski definition) is 0. The van der Waals surface area contributed by atoms with Gasteiger partial charge in [-0.2, -0.15) is 4.98 Å². The fourth-order valence-corrected chi connectivity index (χ4v) is 9.16. The first-order valence-corrected chi connectivity index (χ1v) is 21.2. The van der Waals surface area contributed by atoms with Crippen LogP contribution in [0.2, 0.25) is 0 Å². The van der Waals surface area contributed by atoms with Crippen LogP contribution < -0.4 is 4.90 Å². The molecule has 0 unspecified atom stereocenters. The molecule has 0 atom stereocenters. The Hall–Kier alpha value is -8.54. The van der Waals surface area contributed by atoms with E-state index in [4.69, 9.17) is 4.52 Å². The minimum atomic E-state index is 0.482. The summed E-state index contributed by atoms with van der Waals surface area (Å²) >= 11 is 0. The van der Waals surface area contributed by atoms with Gasteiger partial charge in [-0.25, -0.2) is 0 Å². The predicted octanol–water partition coefficient (Wildman–Crippen LogP) is 15.6. The van der Waals surface area contributed by atoms with E-state index in [0.29, 0.717) is 11.7 Å². The van der Waals surface area contributed by atoms with Gasteiger partial charge in [-0.3, -0.25) is 0 Å². The van der Waals surface area contributed by atoms with Crippen LogP contribution in [-0.4, -0.2) is 14.7 Å². The monoisotopic (exact) mass is 806 g/mol. The average molecular weight is 807 g/mol. The van der Waals surface area contributed by atoms with Crippen molar-refractivity contribution in [1.82, 2.24) is 14.7 Å². The molecular formula is C58H38N4O. The summed E-state index contributed by atoms with van der Waals surface area (Å²) in [6.45, 7) is 0. The Morgan fingerprint density at radius 2 is 0.841 bits per heavy atom. The van der Waals surface area contributed by atoms with Crippen LogP contribution in [0.4, 0.5) is 17.1 Å². The van der Waals surface area contributed by atoms with Crippen molar-refractivity contribution in [2.45, 2.75) is 0 Å². The fraction of sp³-hybridized carbons (Fsp3) is 0. The van der Waals surface area contributed by atoms with E-state index >= 15 is 0 Å². The second kappa shape index (κ2) is 15.2. The van der Waals surface area contributed by atoms with Crippen LogP contribution >= 0.6 is 0 Å². The largest absolute Gasteiger partial charge is 0.334 e. The van der Waals surface area contributed by atoms with E-state index in [-0.39, 0.29) is 0 Å². The average Bonchev–Trinajstić information content (AvgIpc) is 3.98. The molecule has 0 radical (unpaired) electrons. The molecule has 0 saturated carbocycles. The van der Waals surface area contributed by atoms with Crippen molar-refractivity contribution in [3.8, 4) is 50.8 Å². The number of benzene rings is 10. The molecule has 5 nitrogen and oxygen atoms in total. The highest BCUT2D eigenvalue weighted by Gasteiger charge is 2.19. The summed E-state index contributed by atoms with van der Waals surface area (Å²) in [7, 11) is 0. The zero-order valence-electron chi connectivity index (χ0n) is 34.1. The third-order valence-corrected chi connectivity index (χ3v) is 12.2.